The highest BCUT2D eigenvalue weighted by Gasteiger charge is 2.36. The lowest BCUT2D eigenvalue weighted by molar-refractivity contribution is -0.133. The summed E-state index contributed by atoms with van der Waals surface area (Å²) in [6, 6.07) is 4.57. The van der Waals surface area contributed by atoms with Crippen molar-refractivity contribution in [2.45, 2.75) is 5.92 Å². The van der Waals surface area contributed by atoms with Crippen molar-refractivity contribution in [2.24, 2.45) is 0 Å². The van der Waals surface area contributed by atoms with Gasteiger partial charge in [0, 0.05) is 10.8 Å². The molecule has 1 unspecified atom stereocenters. The Morgan fingerprint density at radius 3 is 3.06 bits per heavy atom. The second-order valence-corrected chi connectivity index (χ2v) is 4.83. The van der Waals surface area contributed by atoms with Gasteiger partial charge in [-0.3, -0.25) is 0 Å². The predicted octanol–water partition coefficient (Wildman–Crippen LogP) is 3.07. The molecule has 0 N–H and O–H groups in total. The normalized spacial score (nSPS) is 20.5. The van der Waals surface area contributed by atoms with E-state index in [2.05, 4.69) is 0 Å². The maximum Gasteiger partial charge on any atom is 0.339 e. The molecule has 1 aromatic carbocycles. The van der Waals surface area contributed by atoms with Gasteiger partial charge in [-0.05, 0) is 28.7 Å². The standard InChI is InChI=1S/C13H9FO2S/c1-16-13(15)11-10-6-7(14)2-3-8(10)9-4-5-17-12(9)11/h2-6,9H,1H3. The number of esters is 1. The number of hydrogen-bond donors (Lipinski definition) is 0. The third-order valence-corrected chi connectivity index (χ3v) is 4.01. The van der Waals surface area contributed by atoms with Crippen molar-refractivity contribution in [1.82, 2.24) is 0 Å². The van der Waals surface area contributed by atoms with Crippen LogP contribution < -0.4 is 0 Å². The quantitative estimate of drug-likeness (QED) is 0.714. The van der Waals surface area contributed by atoms with Crippen LogP contribution in [0.2, 0.25) is 0 Å². The highest BCUT2D eigenvalue weighted by atomic mass is 32.2. The first-order valence-electron chi connectivity index (χ1n) is 5.18. The molecule has 3 rings (SSSR count). The molecule has 86 valence electrons. The van der Waals surface area contributed by atoms with E-state index in [0.717, 1.165) is 10.5 Å². The molecule has 0 bridgehead atoms. The van der Waals surface area contributed by atoms with Crippen molar-refractivity contribution in [1.29, 1.82) is 0 Å². The van der Waals surface area contributed by atoms with Gasteiger partial charge in [0.25, 0.3) is 0 Å². The SMILES string of the molecule is COC(=O)C1=C2SC=CC2c2ccc(F)cc21. The summed E-state index contributed by atoms with van der Waals surface area (Å²) in [5.41, 5.74) is 2.14. The fourth-order valence-corrected chi connectivity index (χ4v) is 3.32. The summed E-state index contributed by atoms with van der Waals surface area (Å²) in [5, 5.41) is 1.95. The van der Waals surface area contributed by atoms with Crippen molar-refractivity contribution in [2.75, 3.05) is 7.11 Å². The van der Waals surface area contributed by atoms with E-state index in [4.69, 9.17) is 4.74 Å². The molecule has 0 aromatic heterocycles. The van der Waals surface area contributed by atoms with Gasteiger partial charge in [-0.15, -0.1) is 11.8 Å². The summed E-state index contributed by atoms with van der Waals surface area (Å²) in [5.74, 6) is -0.644. The van der Waals surface area contributed by atoms with Gasteiger partial charge < -0.3 is 4.74 Å². The Kier molecular flexibility index (Phi) is 2.33. The van der Waals surface area contributed by atoms with Crippen molar-refractivity contribution in [3.8, 4) is 0 Å². The summed E-state index contributed by atoms with van der Waals surface area (Å²) < 4.78 is 18.1. The molecule has 0 amide bonds. The number of carbonyl (C=O) groups excluding carboxylic acids is 1. The van der Waals surface area contributed by atoms with Crippen LogP contribution in [-0.2, 0) is 9.53 Å². The molecule has 1 aliphatic heterocycles. The minimum Gasteiger partial charge on any atom is -0.465 e. The van der Waals surface area contributed by atoms with Crippen LogP contribution in [0, 0.1) is 5.82 Å². The number of methoxy groups -OCH3 is 1. The Labute approximate surface area is 102 Å². The van der Waals surface area contributed by atoms with Gasteiger partial charge in [0.2, 0.25) is 0 Å². The molecule has 1 aromatic rings. The van der Waals surface area contributed by atoms with Crippen molar-refractivity contribution in [3.63, 3.8) is 0 Å². The van der Waals surface area contributed by atoms with Gasteiger partial charge in [-0.2, -0.15) is 0 Å². The Morgan fingerprint density at radius 1 is 1.47 bits per heavy atom. The number of ether oxygens (including phenoxy) is 1. The van der Waals surface area contributed by atoms with Crippen LogP contribution in [0.25, 0.3) is 5.57 Å². The first-order chi connectivity index (χ1) is 8.22. The zero-order chi connectivity index (χ0) is 12.0. The Morgan fingerprint density at radius 2 is 2.29 bits per heavy atom. The van der Waals surface area contributed by atoms with E-state index < -0.39 is 5.97 Å². The van der Waals surface area contributed by atoms with Crippen LogP contribution in [0.1, 0.15) is 17.0 Å². The second kappa shape index (κ2) is 3.74. The van der Waals surface area contributed by atoms with E-state index in [1.807, 2.05) is 11.5 Å². The summed E-state index contributed by atoms with van der Waals surface area (Å²) >= 11 is 1.50. The lowest BCUT2D eigenvalue weighted by atomic mass is 10.0. The molecular weight excluding hydrogens is 239 g/mol. The van der Waals surface area contributed by atoms with Gasteiger partial charge in [0.15, 0.2) is 0 Å². The van der Waals surface area contributed by atoms with Gasteiger partial charge in [-0.25, -0.2) is 9.18 Å². The topological polar surface area (TPSA) is 26.3 Å². The van der Waals surface area contributed by atoms with E-state index >= 15 is 0 Å². The zero-order valence-corrected chi connectivity index (χ0v) is 9.88. The first kappa shape index (κ1) is 10.6. The maximum atomic E-state index is 13.3. The molecular formula is C13H9FO2S. The van der Waals surface area contributed by atoms with Crippen LogP contribution in [0.15, 0.2) is 34.6 Å². The van der Waals surface area contributed by atoms with Crippen LogP contribution in [-0.4, -0.2) is 13.1 Å². The number of halogens is 1. The van der Waals surface area contributed by atoms with Crippen LogP contribution in [0.3, 0.4) is 0 Å². The summed E-state index contributed by atoms with van der Waals surface area (Å²) in [6.45, 7) is 0. The van der Waals surface area contributed by atoms with Crippen LogP contribution in [0.5, 0.6) is 0 Å². The third-order valence-electron chi connectivity index (χ3n) is 3.00. The van der Waals surface area contributed by atoms with Crippen molar-refractivity contribution in [3.05, 3.63) is 51.5 Å². The average molecular weight is 248 g/mol. The van der Waals surface area contributed by atoms with Crippen LogP contribution >= 0.6 is 11.8 Å². The molecule has 0 fully saturated rings. The third kappa shape index (κ3) is 1.44. The number of hydrogen-bond acceptors (Lipinski definition) is 3. The van der Waals surface area contributed by atoms with E-state index in [1.54, 1.807) is 6.07 Å². The first-order valence-corrected chi connectivity index (χ1v) is 6.06. The average Bonchev–Trinajstić information content (AvgIpc) is 2.87. The number of thioether (sulfide) groups is 1. The number of carbonyl (C=O) groups is 1. The molecule has 4 heteroatoms. The lowest BCUT2D eigenvalue weighted by Gasteiger charge is -2.05. The fourth-order valence-electron chi connectivity index (χ4n) is 2.27. The lowest BCUT2D eigenvalue weighted by Crippen LogP contribution is -2.03. The Hall–Kier alpha value is -1.55. The molecule has 2 nitrogen and oxygen atoms in total. The molecule has 1 atom stereocenters. The molecule has 0 saturated heterocycles. The van der Waals surface area contributed by atoms with Crippen LogP contribution in [0.4, 0.5) is 4.39 Å². The van der Waals surface area contributed by atoms with Gasteiger partial charge in [0.05, 0.1) is 12.7 Å². The number of allylic oxidation sites excluding steroid dienone is 2. The minimum atomic E-state index is -0.398. The summed E-state index contributed by atoms with van der Waals surface area (Å²) in [6.07, 6.45) is 2.02. The zero-order valence-electron chi connectivity index (χ0n) is 9.07. The van der Waals surface area contributed by atoms with Gasteiger partial charge in [-0.1, -0.05) is 12.1 Å². The second-order valence-electron chi connectivity index (χ2n) is 3.89. The molecule has 1 aliphatic carbocycles. The minimum absolute atomic E-state index is 0.0877. The highest BCUT2D eigenvalue weighted by molar-refractivity contribution is 8.06. The molecule has 2 aliphatic rings. The predicted molar refractivity (Wildman–Crippen MR) is 64.8 cm³/mol. The summed E-state index contributed by atoms with van der Waals surface area (Å²) in [4.78, 5) is 12.7. The largest absolute Gasteiger partial charge is 0.465 e. The van der Waals surface area contributed by atoms with E-state index in [0.29, 0.717) is 11.1 Å². The maximum absolute atomic E-state index is 13.3. The smallest absolute Gasteiger partial charge is 0.339 e. The monoisotopic (exact) mass is 248 g/mol. The Bertz CT molecular complexity index is 575. The number of fused-ring (bicyclic) bond motifs is 3. The molecule has 17 heavy (non-hydrogen) atoms. The van der Waals surface area contributed by atoms with Crippen molar-refractivity contribution >= 4 is 23.3 Å². The van der Waals surface area contributed by atoms with E-state index in [1.165, 1.54) is 31.0 Å². The van der Waals surface area contributed by atoms with E-state index in [-0.39, 0.29) is 11.7 Å². The molecule has 0 radical (unpaired) electrons. The van der Waals surface area contributed by atoms with Gasteiger partial charge in [0.1, 0.15) is 5.82 Å². The molecule has 0 spiro atoms. The van der Waals surface area contributed by atoms with Crippen molar-refractivity contribution < 1.29 is 13.9 Å². The fraction of sp³-hybridized carbons (Fsp3) is 0.154. The number of rotatable bonds is 1. The molecule has 1 heterocycles. The van der Waals surface area contributed by atoms with E-state index in [9.17, 15) is 9.18 Å². The molecule has 0 saturated carbocycles. The summed E-state index contributed by atoms with van der Waals surface area (Å²) in [7, 11) is 1.34. The highest BCUT2D eigenvalue weighted by Crippen LogP contribution is 2.52. The number of benzene rings is 1. The Balaban J connectivity index is 2.23. The van der Waals surface area contributed by atoms with Gasteiger partial charge >= 0.3 is 5.97 Å².